The van der Waals surface area contributed by atoms with E-state index in [0.29, 0.717) is 10.6 Å². The maximum atomic E-state index is 15.1. The van der Waals surface area contributed by atoms with Crippen LogP contribution in [0.4, 0.5) is 22.4 Å². The second-order valence-corrected chi connectivity index (χ2v) is 9.71. The quantitative estimate of drug-likeness (QED) is 0.462. The Balaban J connectivity index is 1.52. The summed E-state index contributed by atoms with van der Waals surface area (Å²) in [6.07, 6.45) is -3.11. The fraction of sp³-hybridized carbons (Fsp3) is 0.182. The number of halogens is 5. The van der Waals surface area contributed by atoms with Gasteiger partial charge in [-0.1, -0.05) is 11.6 Å². The van der Waals surface area contributed by atoms with E-state index < -0.39 is 40.2 Å². The maximum absolute atomic E-state index is 15.1. The molecule has 2 aromatic carbocycles. The number of benzene rings is 2. The molecule has 14 heteroatoms. The molecule has 4 rings (SSSR count). The Bertz CT molecular complexity index is 1420. The van der Waals surface area contributed by atoms with E-state index >= 15 is 4.39 Å². The first kappa shape index (κ1) is 25.7. The normalized spacial score (nSPS) is 15.2. The fourth-order valence-electron chi connectivity index (χ4n) is 3.43. The highest BCUT2D eigenvalue weighted by Crippen LogP contribution is 2.33. The molecular formula is C22H17ClF4N4O4S. The zero-order valence-corrected chi connectivity index (χ0v) is 19.7. The number of ether oxygens (including phenoxy) is 1. The summed E-state index contributed by atoms with van der Waals surface area (Å²) in [4.78, 5) is 11.9. The van der Waals surface area contributed by atoms with Crippen LogP contribution in [-0.4, -0.2) is 37.4 Å². The van der Waals surface area contributed by atoms with Crippen molar-refractivity contribution in [3.8, 4) is 5.69 Å². The number of carbonyl (C=O) groups is 1. The highest BCUT2D eigenvalue weighted by molar-refractivity contribution is 7.90. The monoisotopic (exact) mass is 544 g/mol. The largest absolute Gasteiger partial charge is 0.416 e. The Morgan fingerprint density at radius 2 is 1.75 bits per heavy atom. The third-order valence-electron chi connectivity index (χ3n) is 5.16. The van der Waals surface area contributed by atoms with Gasteiger partial charge in [0.1, 0.15) is 5.83 Å². The highest BCUT2D eigenvalue weighted by Gasteiger charge is 2.31. The second-order valence-electron chi connectivity index (χ2n) is 7.59. The first-order valence-corrected chi connectivity index (χ1v) is 12.1. The number of urea groups is 1. The molecule has 0 aliphatic carbocycles. The van der Waals surface area contributed by atoms with Crippen LogP contribution in [0.3, 0.4) is 0 Å². The molecule has 0 saturated heterocycles. The lowest BCUT2D eigenvalue weighted by molar-refractivity contribution is -0.137. The summed E-state index contributed by atoms with van der Waals surface area (Å²) in [7, 11) is -4.22. The number of alkyl halides is 3. The predicted molar refractivity (Wildman–Crippen MR) is 121 cm³/mol. The number of aromatic nitrogens is 2. The van der Waals surface area contributed by atoms with Crippen molar-refractivity contribution in [1.82, 2.24) is 19.8 Å². The molecule has 1 aromatic heterocycles. The third-order valence-corrected chi connectivity index (χ3v) is 6.76. The van der Waals surface area contributed by atoms with Gasteiger partial charge in [0.05, 0.1) is 47.8 Å². The van der Waals surface area contributed by atoms with Crippen LogP contribution >= 0.6 is 11.6 Å². The highest BCUT2D eigenvalue weighted by atomic mass is 35.5. The van der Waals surface area contributed by atoms with Crippen molar-refractivity contribution in [3.05, 3.63) is 82.4 Å². The molecule has 0 fully saturated rings. The predicted octanol–water partition coefficient (Wildman–Crippen LogP) is 4.44. The van der Waals surface area contributed by atoms with Crippen molar-refractivity contribution in [2.75, 3.05) is 13.2 Å². The van der Waals surface area contributed by atoms with E-state index in [1.54, 1.807) is 4.72 Å². The van der Waals surface area contributed by atoms with Gasteiger partial charge in [-0.3, -0.25) is 0 Å². The molecule has 0 spiro atoms. The lowest BCUT2D eigenvalue weighted by Gasteiger charge is -2.20. The summed E-state index contributed by atoms with van der Waals surface area (Å²) < 4.78 is 86.8. The van der Waals surface area contributed by atoms with Crippen molar-refractivity contribution < 1.29 is 35.5 Å². The van der Waals surface area contributed by atoms with Gasteiger partial charge in [-0.05, 0) is 48.5 Å². The molecule has 2 heterocycles. The van der Waals surface area contributed by atoms with E-state index in [1.165, 1.54) is 47.3 Å². The number of rotatable bonds is 5. The number of amides is 2. The molecule has 1 aliphatic rings. The summed E-state index contributed by atoms with van der Waals surface area (Å²) in [6.45, 7) is -0.782. The molecular weight excluding hydrogens is 528 g/mol. The number of nitrogens with zero attached hydrogens (tertiary/aromatic N) is 2. The lowest BCUT2D eigenvalue weighted by Crippen LogP contribution is -2.40. The minimum absolute atomic E-state index is 0.00880. The number of hydrogen-bond donors (Lipinski definition) is 2. The molecule has 2 amide bonds. The zero-order valence-electron chi connectivity index (χ0n) is 18.1. The Morgan fingerprint density at radius 3 is 2.39 bits per heavy atom. The number of sulfonamides is 1. The average molecular weight is 545 g/mol. The summed E-state index contributed by atoms with van der Waals surface area (Å²) in [5.74, 6) is -0.844. The molecule has 8 nitrogen and oxygen atoms in total. The summed E-state index contributed by atoms with van der Waals surface area (Å²) in [5, 5.41) is 6.57. The van der Waals surface area contributed by atoms with Gasteiger partial charge in [0.25, 0.3) is 10.0 Å². The van der Waals surface area contributed by atoms with Crippen molar-refractivity contribution in [2.24, 2.45) is 0 Å². The molecule has 1 aliphatic heterocycles. The molecule has 0 bridgehead atoms. The number of fused-ring (bicyclic) bond motifs is 1. The molecule has 0 radical (unpaired) electrons. The van der Waals surface area contributed by atoms with Crippen LogP contribution in [0, 0.1) is 0 Å². The van der Waals surface area contributed by atoms with Crippen molar-refractivity contribution in [3.63, 3.8) is 0 Å². The van der Waals surface area contributed by atoms with Crippen LogP contribution < -0.4 is 10.0 Å². The van der Waals surface area contributed by atoms with E-state index in [-0.39, 0.29) is 35.1 Å². The Labute approximate surface area is 207 Å². The van der Waals surface area contributed by atoms with Crippen molar-refractivity contribution >= 4 is 33.2 Å². The first-order valence-electron chi connectivity index (χ1n) is 10.2. The van der Waals surface area contributed by atoms with Crippen LogP contribution in [0.15, 0.2) is 65.5 Å². The van der Waals surface area contributed by atoms with Crippen molar-refractivity contribution in [2.45, 2.75) is 17.7 Å². The first-order chi connectivity index (χ1) is 17.0. The van der Waals surface area contributed by atoms with E-state index in [2.05, 4.69) is 10.4 Å². The molecule has 3 aromatic rings. The van der Waals surface area contributed by atoms with Crippen LogP contribution in [0.25, 0.3) is 11.3 Å². The average Bonchev–Trinajstić information content (AvgIpc) is 3.26. The van der Waals surface area contributed by atoms with Crippen LogP contribution in [0.5, 0.6) is 0 Å². The molecule has 36 heavy (non-hydrogen) atoms. The van der Waals surface area contributed by atoms with Crippen LogP contribution in [0.2, 0.25) is 5.02 Å². The number of carbonyl (C=O) groups excluding carboxylic acids is 1. The van der Waals surface area contributed by atoms with Gasteiger partial charge in [0, 0.05) is 16.2 Å². The molecule has 0 unspecified atom stereocenters. The lowest BCUT2D eigenvalue weighted by atomic mass is 10.1. The summed E-state index contributed by atoms with van der Waals surface area (Å²) in [5.41, 5.74) is 0.183. The smallest absolute Gasteiger partial charge is 0.372 e. The maximum Gasteiger partial charge on any atom is 0.416 e. The third kappa shape index (κ3) is 5.53. The summed E-state index contributed by atoms with van der Waals surface area (Å²) >= 11 is 5.73. The van der Waals surface area contributed by atoms with Crippen LogP contribution in [-0.2, 0) is 27.5 Å². The number of nitrogens with one attached hydrogen (secondary N) is 2. The SMILES string of the molecule is O=C(NC/C(F)=C1\COCc2cnn(-c3ccc(C(F)(F)F)cc3)c21)NS(=O)(=O)c1ccc(Cl)cc1. The zero-order chi connectivity index (χ0) is 26.1. The molecule has 190 valence electrons. The van der Waals surface area contributed by atoms with E-state index in [0.717, 1.165) is 12.1 Å². The van der Waals surface area contributed by atoms with E-state index in [1.807, 2.05) is 0 Å². The van der Waals surface area contributed by atoms with Gasteiger partial charge < -0.3 is 10.1 Å². The molecule has 0 atom stereocenters. The summed E-state index contributed by atoms with van der Waals surface area (Å²) in [6, 6.07) is 8.06. The van der Waals surface area contributed by atoms with Crippen LogP contribution in [0.1, 0.15) is 16.8 Å². The minimum atomic E-state index is -4.51. The Hall–Kier alpha value is -3.42. The van der Waals surface area contributed by atoms with Gasteiger partial charge >= 0.3 is 12.2 Å². The van der Waals surface area contributed by atoms with E-state index in [4.69, 9.17) is 16.3 Å². The van der Waals surface area contributed by atoms with Gasteiger partial charge in [0.15, 0.2) is 0 Å². The topological polar surface area (TPSA) is 102 Å². The van der Waals surface area contributed by atoms with Gasteiger partial charge in [-0.25, -0.2) is 27.0 Å². The van der Waals surface area contributed by atoms with Gasteiger partial charge in [-0.15, -0.1) is 0 Å². The minimum Gasteiger partial charge on any atom is -0.372 e. The molecule has 2 N–H and O–H groups in total. The van der Waals surface area contributed by atoms with Gasteiger partial charge in [-0.2, -0.15) is 18.3 Å². The second kappa shape index (κ2) is 9.91. The van der Waals surface area contributed by atoms with Crippen molar-refractivity contribution in [1.29, 1.82) is 0 Å². The standard InChI is InChI=1S/C22H17ClF4N4O4S/c23-15-3-7-17(8-4-15)36(33,34)30-21(32)28-10-19(24)18-12-35-11-13-9-29-31(20(13)18)16-5-1-14(2-6-16)22(25,26)27/h1-9H,10-12H2,(H2,28,30,32)/b19-18-. The molecule has 0 saturated carbocycles. The number of hydrogen-bond acceptors (Lipinski definition) is 5. The van der Waals surface area contributed by atoms with E-state index in [9.17, 15) is 26.4 Å². The van der Waals surface area contributed by atoms with Gasteiger partial charge in [0.2, 0.25) is 0 Å². The Morgan fingerprint density at radius 1 is 1.08 bits per heavy atom. The fourth-order valence-corrected chi connectivity index (χ4v) is 4.49. The Kier molecular flexibility index (Phi) is 7.07.